The lowest BCUT2D eigenvalue weighted by molar-refractivity contribution is -0.124. The number of benzene rings is 2. The van der Waals surface area contributed by atoms with E-state index in [9.17, 15) is 9.59 Å². The number of rotatable bonds is 3. The summed E-state index contributed by atoms with van der Waals surface area (Å²) in [5.41, 5.74) is 2.99. The molecule has 0 aliphatic carbocycles. The molecule has 20 heavy (non-hydrogen) atoms. The Morgan fingerprint density at radius 3 is 1.80 bits per heavy atom. The molecule has 0 saturated carbocycles. The topological polar surface area (TPSA) is 37.4 Å². The molecular weight excluding hydrogens is 250 g/mol. The Morgan fingerprint density at radius 2 is 1.30 bits per heavy atom. The first-order chi connectivity index (χ1) is 9.58. The van der Waals surface area contributed by atoms with Crippen LogP contribution in [0.25, 0.3) is 0 Å². The van der Waals surface area contributed by atoms with Crippen molar-refractivity contribution in [1.29, 1.82) is 0 Å². The van der Waals surface area contributed by atoms with E-state index in [2.05, 4.69) is 12.1 Å². The SMILES string of the molecule is CC(=O)N(C(C)=O)c1ccc(Cc2ccccc2)cc1. The Hall–Kier alpha value is -2.42. The molecule has 2 rings (SSSR count). The van der Waals surface area contributed by atoms with Crippen molar-refractivity contribution in [3.63, 3.8) is 0 Å². The third-order valence-electron chi connectivity index (χ3n) is 3.08. The summed E-state index contributed by atoms with van der Waals surface area (Å²) in [5, 5.41) is 0. The number of hydrogen-bond donors (Lipinski definition) is 0. The first-order valence-corrected chi connectivity index (χ1v) is 6.52. The van der Waals surface area contributed by atoms with Gasteiger partial charge < -0.3 is 0 Å². The van der Waals surface area contributed by atoms with Crippen LogP contribution < -0.4 is 4.90 Å². The summed E-state index contributed by atoms with van der Waals surface area (Å²) in [6, 6.07) is 17.7. The lowest BCUT2D eigenvalue weighted by Crippen LogP contribution is -2.32. The van der Waals surface area contributed by atoms with Crippen molar-refractivity contribution in [2.45, 2.75) is 20.3 Å². The van der Waals surface area contributed by atoms with Crippen molar-refractivity contribution in [3.05, 3.63) is 65.7 Å². The molecule has 0 aliphatic rings. The normalized spacial score (nSPS) is 10.1. The van der Waals surface area contributed by atoms with Crippen molar-refractivity contribution in [2.24, 2.45) is 0 Å². The Morgan fingerprint density at radius 1 is 0.800 bits per heavy atom. The van der Waals surface area contributed by atoms with Gasteiger partial charge in [0.15, 0.2) is 0 Å². The van der Waals surface area contributed by atoms with Crippen LogP contribution in [0.15, 0.2) is 54.6 Å². The van der Waals surface area contributed by atoms with E-state index < -0.39 is 0 Å². The van der Waals surface area contributed by atoms with Gasteiger partial charge >= 0.3 is 0 Å². The van der Waals surface area contributed by atoms with Crippen LogP contribution in [-0.2, 0) is 16.0 Å². The van der Waals surface area contributed by atoms with E-state index in [0.717, 1.165) is 12.0 Å². The molecule has 0 N–H and O–H groups in total. The van der Waals surface area contributed by atoms with Crippen molar-refractivity contribution in [1.82, 2.24) is 0 Å². The highest BCUT2D eigenvalue weighted by atomic mass is 16.2. The van der Waals surface area contributed by atoms with E-state index in [4.69, 9.17) is 0 Å². The summed E-state index contributed by atoms with van der Waals surface area (Å²) in [5.74, 6) is -0.540. The van der Waals surface area contributed by atoms with Gasteiger partial charge in [-0.2, -0.15) is 0 Å². The highest BCUT2D eigenvalue weighted by Crippen LogP contribution is 2.18. The quantitative estimate of drug-likeness (QED) is 0.856. The van der Waals surface area contributed by atoms with Gasteiger partial charge in [-0.15, -0.1) is 0 Å². The fourth-order valence-electron chi connectivity index (χ4n) is 2.18. The minimum absolute atomic E-state index is 0.270. The van der Waals surface area contributed by atoms with E-state index in [0.29, 0.717) is 5.69 Å². The number of amides is 2. The lowest BCUT2D eigenvalue weighted by Gasteiger charge is -2.17. The van der Waals surface area contributed by atoms with E-state index in [-0.39, 0.29) is 11.8 Å². The molecule has 0 spiro atoms. The number of hydrogen-bond acceptors (Lipinski definition) is 2. The number of carbonyl (C=O) groups excluding carboxylic acids is 2. The van der Waals surface area contributed by atoms with Crippen molar-refractivity contribution >= 4 is 17.5 Å². The molecule has 3 nitrogen and oxygen atoms in total. The van der Waals surface area contributed by atoms with Crippen LogP contribution in [-0.4, -0.2) is 11.8 Å². The van der Waals surface area contributed by atoms with Crippen LogP contribution in [0.1, 0.15) is 25.0 Å². The van der Waals surface area contributed by atoms with Gasteiger partial charge in [-0.3, -0.25) is 14.5 Å². The van der Waals surface area contributed by atoms with Gasteiger partial charge in [0, 0.05) is 13.8 Å². The summed E-state index contributed by atoms with van der Waals surface area (Å²) < 4.78 is 0. The monoisotopic (exact) mass is 267 g/mol. The second-order valence-electron chi connectivity index (χ2n) is 4.70. The van der Waals surface area contributed by atoms with E-state index >= 15 is 0 Å². The Labute approximate surface area is 118 Å². The molecule has 0 radical (unpaired) electrons. The molecule has 2 amide bonds. The Kier molecular flexibility index (Phi) is 4.31. The average molecular weight is 267 g/mol. The Bertz CT molecular complexity index is 589. The van der Waals surface area contributed by atoms with Gasteiger partial charge in [-0.1, -0.05) is 42.5 Å². The number of imide groups is 1. The second-order valence-corrected chi connectivity index (χ2v) is 4.70. The third-order valence-corrected chi connectivity index (χ3v) is 3.08. The second kappa shape index (κ2) is 6.15. The number of carbonyl (C=O) groups is 2. The lowest BCUT2D eigenvalue weighted by atomic mass is 10.0. The summed E-state index contributed by atoms with van der Waals surface area (Å²) in [6.45, 7) is 2.78. The van der Waals surface area contributed by atoms with E-state index in [1.54, 1.807) is 12.1 Å². The molecule has 0 atom stereocenters. The Balaban J connectivity index is 2.18. The fraction of sp³-hybridized carbons (Fsp3) is 0.176. The largest absolute Gasteiger partial charge is 0.274 e. The molecular formula is C17H17NO2. The molecule has 0 heterocycles. The van der Waals surface area contributed by atoms with E-state index in [1.165, 1.54) is 24.3 Å². The van der Waals surface area contributed by atoms with Gasteiger partial charge in [0.05, 0.1) is 5.69 Å². The van der Waals surface area contributed by atoms with Gasteiger partial charge in [-0.25, -0.2) is 0 Å². The van der Waals surface area contributed by atoms with Crippen LogP contribution in [0.2, 0.25) is 0 Å². The molecule has 0 fully saturated rings. The maximum absolute atomic E-state index is 11.5. The third kappa shape index (κ3) is 3.32. The standard InChI is InChI=1S/C17H17NO2/c1-13(19)18(14(2)20)17-10-8-16(9-11-17)12-15-6-4-3-5-7-15/h3-11H,12H2,1-2H3. The van der Waals surface area contributed by atoms with Crippen LogP contribution in [0.4, 0.5) is 5.69 Å². The van der Waals surface area contributed by atoms with Gasteiger partial charge in [0.2, 0.25) is 11.8 Å². The van der Waals surface area contributed by atoms with Crippen molar-refractivity contribution in [2.75, 3.05) is 4.90 Å². The van der Waals surface area contributed by atoms with Gasteiger partial charge in [-0.05, 0) is 29.7 Å². The predicted molar refractivity (Wildman–Crippen MR) is 79.5 cm³/mol. The number of anilines is 1. The maximum Gasteiger partial charge on any atom is 0.230 e. The zero-order valence-electron chi connectivity index (χ0n) is 11.7. The van der Waals surface area contributed by atoms with Gasteiger partial charge in [0.25, 0.3) is 0 Å². The molecule has 0 bridgehead atoms. The smallest absolute Gasteiger partial charge is 0.230 e. The molecule has 3 heteroatoms. The van der Waals surface area contributed by atoms with Crippen LogP contribution >= 0.6 is 0 Å². The zero-order chi connectivity index (χ0) is 14.5. The molecule has 0 saturated heterocycles. The average Bonchev–Trinajstić information content (AvgIpc) is 2.41. The van der Waals surface area contributed by atoms with Crippen LogP contribution in [0, 0.1) is 0 Å². The maximum atomic E-state index is 11.5. The molecule has 2 aromatic rings. The van der Waals surface area contributed by atoms with E-state index in [1.807, 2.05) is 30.3 Å². The van der Waals surface area contributed by atoms with Crippen LogP contribution in [0.3, 0.4) is 0 Å². The highest BCUT2D eigenvalue weighted by Gasteiger charge is 2.15. The summed E-state index contributed by atoms with van der Waals surface area (Å²) in [4.78, 5) is 24.1. The molecule has 2 aromatic carbocycles. The first kappa shape index (κ1) is 14.0. The summed E-state index contributed by atoms with van der Waals surface area (Å²) in [6.07, 6.45) is 0.835. The van der Waals surface area contributed by atoms with Crippen molar-refractivity contribution < 1.29 is 9.59 Å². The predicted octanol–water partition coefficient (Wildman–Crippen LogP) is 3.18. The first-order valence-electron chi connectivity index (χ1n) is 6.52. The number of nitrogens with zero attached hydrogens (tertiary/aromatic N) is 1. The van der Waals surface area contributed by atoms with Crippen molar-refractivity contribution in [3.8, 4) is 0 Å². The molecule has 0 unspecified atom stereocenters. The van der Waals surface area contributed by atoms with Crippen LogP contribution in [0.5, 0.6) is 0 Å². The zero-order valence-corrected chi connectivity index (χ0v) is 11.7. The summed E-state index contributed by atoms with van der Waals surface area (Å²) in [7, 11) is 0. The molecule has 0 aromatic heterocycles. The minimum atomic E-state index is -0.270. The minimum Gasteiger partial charge on any atom is -0.274 e. The summed E-state index contributed by atoms with van der Waals surface area (Å²) >= 11 is 0. The molecule has 0 aliphatic heterocycles. The van der Waals surface area contributed by atoms with Gasteiger partial charge in [0.1, 0.15) is 0 Å². The fourth-order valence-corrected chi connectivity index (χ4v) is 2.18. The molecule has 102 valence electrons. The highest BCUT2D eigenvalue weighted by molar-refractivity contribution is 6.13.